The van der Waals surface area contributed by atoms with E-state index in [1.807, 2.05) is 0 Å². The molecule has 0 aliphatic rings. The van der Waals surface area contributed by atoms with Gasteiger partial charge < -0.3 is 29.9 Å². The van der Waals surface area contributed by atoms with Crippen molar-refractivity contribution in [2.24, 2.45) is 9.98 Å². The molecular weight excluding hydrogens is 632 g/mol. The van der Waals surface area contributed by atoms with Gasteiger partial charge in [-0.15, -0.1) is 0 Å². The van der Waals surface area contributed by atoms with Crippen LogP contribution in [0.2, 0.25) is 0 Å². The van der Waals surface area contributed by atoms with Crippen LogP contribution in [0, 0.1) is 0 Å². The number of halogens is 2. The third-order valence-corrected chi connectivity index (χ3v) is 6.67. The van der Waals surface area contributed by atoms with E-state index >= 15 is 0 Å². The van der Waals surface area contributed by atoms with Crippen molar-refractivity contribution in [2.75, 3.05) is 14.2 Å². The summed E-state index contributed by atoms with van der Waals surface area (Å²) < 4.78 is 11.8. The Kier molecular flexibility index (Phi) is 8.78. The summed E-state index contributed by atoms with van der Waals surface area (Å²) >= 11 is 6.75. The number of ether oxygens (including phenoxy) is 2. The molecule has 200 valence electrons. The van der Waals surface area contributed by atoms with Gasteiger partial charge in [0.15, 0.2) is 23.0 Å². The number of rotatable bonds is 8. The van der Waals surface area contributed by atoms with Crippen LogP contribution < -0.4 is 9.47 Å². The summed E-state index contributed by atoms with van der Waals surface area (Å²) in [5, 5.41) is 41.4. The second-order valence-corrected chi connectivity index (χ2v) is 10.3. The van der Waals surface area contributed by atoms with Crippen LogP contribution in [0.5, 0.6) is 34.5 Å². The van der Waals surface area contributed by atoms with Gasteiger partial charge >= 0.3 is 0 Å². The fourth-order valence-electron chi connectivity index (χ4n) is 3.78. The van der Waals surface area contributed by atoms with Crippen LogP contribution in [0.15, 0.2) is 79.6 Å². The quantitative estimate of drug-likeness (QED) is 0.150. The summed E-state index contributed by atoms with van der Waals surface area (Å²) in [5.74, 6) is 0.430. The Morgan fingerprint density at radius 1 is 0.641 bits per heavy atom. The molecule has 0 atom stereocenters. The fraction of sp³-hybridized carbons (Fsp3) is 0.103. The zero-order chi connectivity index (χ0) is 28.1. The molecule has 8 nitrogen and oxygen atoms in total. The van der Waals surface area contributed by atoms with E-state index in [2.05, 4.69) is 41.8 Å². The first-order valence-electron chi connectivity index (χ1n) is 11.5. The van der Waals surface area contributed by atoms with Gasteiger partial charge in [0.25, 0.3) is 0 Å². The first kappa shape index (κ1) is 28.0. The molecule has 0 aliphatic carbocycles. The number of phenols is 4. The highest BCUT2D eigenvalue weighted by Crippen LogP contribution is 2.36. The lowest BCUT2D eigenvalue weighted by atomic mass is 10.0. The molecule has 0 fully saturated rings. The van der Waals surface area contributed by atoms with Crippen LogP contribution in [0.4, 0.5) is 11.4 Å². The molecule has 0 saturated heterocycles. The summed E-state index contributed by atoms with van der Waals surface area (Å²) in [4.78, 5) is 8.73. The molecule has 0 aromatic heterocycles. The number of aliphatic imine (C=N–C) groups is 2. The van der Waals surface area contributed by atoms with E-state index in [0.29, 0.717) is 49.4 Å². The molecule has 0 heterocycles. The fourth-order valence-corrected chi connectivity index (χ4v) is 4.68. The number of hydrogen-bond acceptors (Lipinski definition) is 8. The van der Waals surface area contributed by atoms with Gasteiger partial charge in [-0.25, -0.2) is 0 Å². The van der Waals surface area contributed by atoms with Crippen molar-refractivity contribution in [3.8, 4) is 34.5 Å². The van der Waals surface area contributed by atoms with Crippen LogP contribution in [0.25, 0.3) is 0 Å². The average Bonchev–Trinajstić information content (AvgIpc) is 2.92. The van der Waals surface area contributed by atoms with E-state index in [1.54, 1.807) is 60.7 Å². The van der Waals surface area contributed by atoms with Gasteiger partial charge in [0.05, 0.1) is 14.2 Å². The molecule has 0 spiro atoms. The molecule has 0 aliphatic heterocycles. The Balaban J connectivity index is 1.58. The normalized spacial score (nSPS) is 11.4. The topological polar surface area (TPSA) is 124 Å². The molecule has 0 radical (unpaired) electrons. The predicted octanol–water partition coefficient (Wildman–Crippen LogP) is 7.14. The molecule has 4 N–H and O–H groups in total. The van der Waals surface area contributed by atoms with Crippen LogP contribution in [-0.2, 0) is 6.42 Å². The molecule has 10 heteroatoms. The SMILES string of the molecule is COc1cc(Br)cc(C=Nc2cc(Cc3ccc(O)c(N=Cc4cc(Br)cc(OC)c4O)c3)ccc2O)c1O. The molecule has 0 unspecified atom stereocenters. The minimum absolute atomic E-state index is 0.0169. The van der Waals surface area contributed by atoms with Gasteiger partial charge in [0, 0.05) is 32.5 Å². The van der Waals surface area contributed by atoms with Crippen molar-refractivity contribution in [1.29, 1.82) is 0 Å². The molecule has 0 saturated carbocycles. The summed E-state index contributed by atoms with van der Waals surface area (Å²) in [6, 6.07) is 16.8. The van der Waals surface area contributed by atoms with Crippen molar-refractivity contribution in [2.45, 2.75) is 6.42 Å². The Hall–Kier alpha value is -4.02. The Morgan fingerprint density at radius 2 is 1.05 bits per heavy atom. The molecule has 0 bridgehead atoms. The molecule has 39 heavy (non-hydrogen) atoms. The van der Waals surface area contributed by atoms with E-state index < -0.39 is 0 Å². The highest BCUT2D eigenvalue weighted by molar-refractivity contribution is 9.10. The Morgan fingerprint density at radius 3 is 1.44 bits per heavy atom. The Bertz CT molecular complexity index is 1470. The standard InChI is InChI=1S/C29H24Br2N2O6/c1-38-26-12-20(30)10-18(28(26)36)14-32-22-8-16(3-5-24(22)34)7-17-4-6-25(35)23(9-17)33-15-19-11-21(31)13-27(39-2)29(19)37/h3-6,8-15,34-37H,7H2,1-2H3. The number of benzene rings is 4. The zero-order valence-electron chi connectivity index (χ0n) is 20.9. The minimum Gasteiger partial charge on any atom is -0.506 e. The van der Waals surface area contributed by atoms with E-state index in [0.717, 1.165) is 11.1 Å². The second kappa shape index (κ2) is 12.2. The highest BCUT2D eigenvalue weighted by atomic mass is 79.9. The smallest absolute Gasteiger partial charge is 0.166 e. The largest absolute Gasteiger partial charge is 0.506 e. The van der Waals surface area contributed by atoms with Crippen molar-refractivity contribution < 1.29 is 29.9 Å². The molecule has 4 aromatic carbocycles. The summed E-state index contributed by atoms with van der Waals surface area (Å²) in [6.45, 7) is 0. The van der Waals surface area contributed by atoms with Gasteiger partial charge in [0.2, 0.25) is 0 Å². The molecule has 4 rings (SSSR count). The molecule has 4 aromatic rings. The summed E-state index contributed by atoms with van der Waals surface area (Å²) in [5.41, 5.74) is 3.18. The number of methoxy groups -OCH3 is 2. The second-order valence-electron chi connectivity index (χ2n) is 8.43. The van der Waals surface area contributed by atoms with Gasteiger partial charge in [-0.1, -0.05) is 44.0 Å². The maximum Gasteiger partial charge on any atom is 0.166 e. The lowest BCUT2D eigenvalue weighted by molar-refractivity contribution is 0.373. The third kappa shape index (κ3) is 6.71. The molecule has 0 amide bonds. The van der Waals surface area contributed by atoms with Gasteiger partial charge in [0.1, 0.15) is 22.9 Å². The van der Waals surface area contributed by atoms with E-state index in [9.17, 15) is 20.4 Å². The number of phenolic OH excluding ortho intramolecular Hbond substituents is 4. The van der Waals surface area contributed by atoms with Gasteiger partial charge in [-0.3, -0.25) is 9.98 Å². The van der Waals surface area contributed by atoms with Crippen molar-refractivity contribution in [3.63, 3.8) is 0 Å². The van der Waals surface area contributed by atoms with Gasteiger partial charge in [-0.2, -0.15) is 0 Å². The minimum atomic E-state index is -0.0631. The summed E-state index contributed by atoms with van der Waals surface area (Å²) in [7, 11) is 2.92. The van der Waals surface area contributed by atoms with Crippen LogP contribution in [0.1, 0.15) is 22.3 Å². The highest BCUT2D eigenvalue weighted by Gasteiger charge is 2.11. The first-order valence-corrected chi connectivity index (χ1v) is 13.1. The monoisotopic (exact) mass is 654 g/mol. The average molecular weight is 656 g/mol. The lowest BCUT2D eigenvalue weighted by Crippen LogP contribution is -1.91. The van der Waals surface area contributed by atoms with E-state index in [4.69, 9.17) is 9.47 Å². The number of nitrogens with zero attached hydrogens (tertiary/aromatic N) is 2. The number of hydrogen-bond donors (Lipinski definition) is 4. The van der Waals surface area contributed by atoms with E-state index in [-0.39, 0.29) is 23.0 Å². The van der Waals surface area contributed by atoms with Crippen LogP contribution in [-0.4, -0.2) is 47.1 Å². The van der Waals surface area contributed by atoms with E-state index in [1.165, 1.54) is 26.6 Å². The maximum atomic E-state index is 10.4. The van der Waals surface area contributed by atoms with Crippen molar-refractivity contribution >= 4 is 55.7 Å². The zero-order valence-corrected chi connectivity index (χ0v) is 24.1. The molecular formula is C29H24Br2N2O6. The maximum absolute atomic E-state index is 10.4. The van der Waals surface area contributed by atoms with Crippen LogP contribution >= 0.6 is 31.9 Å². The third-order valence-electron chi connectivity index (χ3n) is 5.75. The first-order chi connectivity index (χ1) is 18.7. The number of aromatic hydroxyl groups is 4. The summed E-state index contributed by atoms with van der Waals surface area (Å²) in [6.07, 6.45) is 3.36. The van der Waals surface area contributed by atoms with Crippen molar-refractivity contribution in [3.05, 3.63) is 91.9 Å². The van der Waals surface area contributed by atoms with Gasteiger partial charge in [-0.05, 0) is 66.1 Å². The van der Waals surface area contributed by atoms with Crippen LogP contribution in [0.3, 0.4) is 0 Å². The predicted molar refractivity (Wildman–Crippen MR) is 158 cm³/mol. The van der Waals surface area contributed by atoms with Crippen molar-refractivity contribution in [1.82, 2.24) is 0 Å². The lowest BCUT2D eigenvalue weighted by Gasteiger charge is -2.09. The Labute approximate surface area is 241 Å².